The van der Waals surface area contributed by atoms with Crippen molar-refractivity contribution in [3.8, 4) is 0 Å². The fourth-order valence-electron chi connectivity index (χ4n) is 4.35. The van der Waals surface area contributed by atoms with Crippen LogP contribution in [0, 0.1) is 5.92 Å². The third-order valence-corrected chi connectivity index (χ3v) is 6.03. The van der Waals surface area contributed by atoms with Crippen molar-refractivity contribution in [3.63, 3.8) is 0 Å². The number of rotatable bonds is 1. The van der Waals surface area contributed by atoms with E-state index in [9.17, 15) is 9.59 Å². The van der Waals surface area contributed by atoms with E-state index in [2.05, 4.69) is 36.2 Å². The standard InChI is InChI=1S/C22H30N2O4/c1-15-6-4-8-17(20(25)27-3)9-5-7-16(2)14-19-18(11-10-15)22(21(26)28-19)12-13-23-24-22/h6,9,14,18-19H,4-5,7-8,10-13H2,1-3H3/b15-6?,16-14?,17-9+/t18-,19+,22?/m1/s1. The molecule has 1 spiro atoms. The molecule has 1 fully saturated rings. The van der Waals surface area contributed by atoms with Crippen molar-refractivity contribution >= 4 is 11.9 Å². The maximum atomic E-state index is 12.7. The SMILES string of the molecule is COC(=O)/C1=C/CCC(C)=C[C@@H]2OC(=O)C3(CCN=N3)[C@@H]2CCC(C)=CCC1. The molecular formula is C22H30N2O4. The molecule has 1 aliphatic carbocycles. The number of fused-ring (bicyclic) bond motifs is 2. The molecule has 0 N–H and O–H groups in total. The molecular weight excluding hydrogens is 356 g/mol. The van der Waals surface area contributed by atoms with Crippen LogP contribution in [0.25, 0.3) is 0 Å². The first-order valence-corrected chi connectivity index (χ1v) is 10.2. The highest BCUT2D eigenvalue weighted by Gasteiger charge is 2.58. The van der Waals surface area contributed by atoms with Crippen LogP contribution < -0.4 is 0 Å². The molecule has 3 aliphatic rings. The second-order valence-electron chi connectivity index (χ2n) is 8.02. The molecule has 6 heteroatoms. The van der Waals surface area contributed by atoms with Crippen LogP contribution in [-0.2, 0) is 19.1 Å². The predicted molar refractivity (Wildman–Crippen MR) is 106 cm³/mol. The van der Waals surface area contributed by atoms with Gasteiger partial charge in [-0.3, -0.25) is 0 Å². The number of methoxy groups -OCH3 is 1. The molecule has 6 nitrogen and oxygen atoms in total. The Morgan fingerprint density at radius 2 is 1.96 bits per heavy atom. The van der Waals surface area contributed by atoms with Crippen molar-refractivity contribution in [2.24, 2.45) is 16.1 Å². The van der Waals surface area contributed by atoms with Gasteiger partial charge in [0, 0.05) is 17.9 Å². The molecule has 3 rings (SSSR count). The molecule has 0 aromatic carbocycles. The highest BCUT2D eigenvalue weighted by atomic mass is 16.6. The Kier molecular flexibility index (Phi) is 6.47. The van der Waals surface area contributed by atoms with E-state index in [0.717, 1.165) is 43.3 Å². The minimum Gasteiger partial charge on any atom is -0.466 e. The monoisotopic (exact) mass is 386 g/mol. The number of esters is 2. The predicted octanol–water partition coefficient (Wildman–Crippen LogP) is 4.47. The van der Waals surface area contributed by atoms with E-state index in [1.54, 1.807) is 0 Å². The lowest BCUT2D eigenvalue weighted by Gasteiger charge is -2.24. The van der Waals surface area contributed by atoms with Gasteiger partial charge in [0.05, 0.1) is 13.7 Å². The fraction of sp³-hybridized carbons (Fsp3) is 0.636. The summed E-state index contributed by atoms with van der Waals surface area (Å²) in [4.78, 5) is 24.7. The normalized spacial score (nSPS) is 33.2. The second kappa shape index (κ2) is 8.84. The number of hydrogen-bond donors (Lipinski definition) is 0. The Hall–Kier alpha value is -2.24. The summed E-state index contributed by atoms with van der Waals surface area (Å²) in [5.74, 6) is -0.460. The summed E-state index contributed by atoms with van der Waals surface area (Å²) < 4.78 is 10.7. The van der Waals surface area contributed by atoms with Crippen molar-refractivity contribution in [1.82, 2.24) is 0 Å². The van der Waals surface area contributed by atoms with Gasteiger partial charge in [-0.1, -0.05) is 23.3 Å². The molecule has 2 aliphatic heterocycles. The topological polar surface area (TPSA) is 77.3 Å². The van der Waals surface area contributed by atoms with Gasteiger partial charge in [-0.2, -0.15) is 10.2 Å². The van der Waals surface area contributed by atoms with Gasteiger partial charge in [-0.15, -0.1) is 0 Å². The molecule has 1 saturated heterocycles. The number of hydrogen-bond acceptors (Lipinski definition) is 6. The quantitative estimate of drug-likeness (QED) is 0.492. The summed E-state index contributed by atoms with van der Waals surface area (Å²) in [6.07, 6.45) is 11.4. The summed E-state index contributed by atoms with van der Waals surface area (Å²) >= 11 is 0. The van der Waals surface area contributed by atoms with Crippen molar-refractivity contribution in [2.75, 3.05) is 13.7 Å². The van der Waals surface area contributed by atoms with Crippen LogP contribution in [0.5, 0.6) is 0 Å². The van der Waals surface area contributed by atoms with Gasteiger partial charge in [-0.25, -0.2) is 9.59 Å². The van der Waals surface area contributed by atoms with E-state index in [1.165, 1.54) is 12.7 Å². The number of carbonyl (C=O) groups is 2. The molecule has 3 atom stereocenters. The number of allylic oxidation sites excluding steroid dienone is 4. The molecule has 0 aromatic rings. The Labute approximate surface area is 166 Å². The van der Waals surface area contributed by atoms with Crippen molar-refractivity contribution in [3.05, 3.63) is 34.9 Å². The first-order chi connectivity index (χ1) is 13.5. The van der Waals surface area contributed by atoms with Crippen LogP contribution >= 0.6 is 0 Å². The van der Waals surface area contributed by atoms with Crippen LogP contribution in [0.2, 0.25) is 0 Å². The van der Waals surface area contributed by atoms with Gasteiger partial charge in [0.15, 0.2) is 5.54 Å². The maximum Gasteiger partial charge on any atom is 0.337 e. The molecule has 0 amide bonds. The average molecular weight is 386 g/mol. The zero-order valence-electron chi connectivity index (χ0n) is 17.1. The van der Waals surface area contributed by atoms with E-state index < -0.39 is 5.54 Å². The maximum absolute atomic E-state index is 12.7. The van der Waals surface area contributed by atoms with Gasteiger partial charge in [0.2, 0.25) is 0 Å². The van der Waals surface area contributed by atoms with Gasteiger partial charge < -0.3 is 9.47 Å². The van der Waals surface area contributed by atoms with Crippen LogP contribution in [0.15, 0.2) is 45.2 Å². The first-order valence-electron chi connectivity index (χ1n) is 10.2. The number of ether oxygens (including phenoxy) is 2. The molecule has 2 heterocycles. The van der Waals surface area contributed by atoms with Crippen molar-refractivity contribution in [1.29, 1.82) is 0 Å². The minimum absolute atomic E-state index is 0.0219. The summed E-state index contributed by atoms with van der Waals surface area (Å²) in [7, 11) is 1.42. The third-order valence-electron chi connectivity index (χ3n) is 6.03. The fourth-order valence-corrected chi connectivity index (χ4v) is 4.35. The van der Waals surface area contributed by atoms with Gasteiger partial charge >= 0.3 is 11.9 Å². The lowest BCUT2D eigenvalue weighted by molar-refractivity contribution is -0.144. The molecule has 0 bridgehead atoms. The highest BCUT2D eigenvalue weighted by molar-refractivity contribution is 5.88. The molecule has 152 valence electrons. The number of carbonyl (C=O) groups excluding carboxylic acids is 2. The smallest absolute Gasteiger partial charge is 0.337 e. The van der Waals surface area contributed by atoms with Crippen molar-refractivity contribution in [2.45, 2.75) is 70.4 Å². The Balaban J connectivity index is 1.86. The average Bonchev–Trinajstić information content (AvgIpc) is 3.25. The van der Waals surface area contributed by atoms with E-state index >= 15 is 0 Å². The van der Waals surface area contributed by atoms with Crippen LogP contribution in [0.1, 0.15) is 58.8 Å². The summed E-state index contributed by atoms with van der Waals surface area (Å²) in [6, 6.07) is 0. The van der Waals surface area contributed by atoms with Gasteiger partial charge in [0.1, 0.15) is 6.10 Å². The largest absolute Gasteiger partial charge is 0.466 e. The third kappa shape index (κ3) is 4.26. The van der Waals surface area contributed by atoms with Gasteiger partial charge in [0.25, 0.3) is 0 Å². The lowest BCUT2D eigenvalue weighted by Crippen LogP contribution is -2.38. The van der Waals surface area contributed by atoms with E-state index in [1.807, 2.05) is 6.08 Å². The lowest BCUT2D eigenvalue weighted by atomic mass is 9.77. The summed E-state index contributed by atoms with van der Waals surface area (Å²) in [6.45, 7) is 4.75. The first kappa shape index (κ1) is 20.5. The van der Waals surface area contributed by atoms with Crippen LogP contribution in [-0.4, -0.2) is 37.2 Å². The Morgan fingerprint density at radius 1 is 1.18 bits per heavy atom. The summed E-state index contributed by atoms with van der Waals surface area (Å²) in [5.41, 5.74) is 2.34. The van der Waals surface area contributed by atoms with E-state index in [0.29, 0.717) is 19.4 Å². The summed E-state index contributed by atoms with van der Waals surface area (Å²) in [5, 5.41) is 8.49. The van der Waals surface area contributed by atoms with Crippen molar-refractivity contribution < 1.29 is 19.1 Å². The molecule has 0 aromatic heterocycles. The minimum atomic E-state index is -0.795. The van der Waals surface area contributed by atoms with E-state index in [-0.39, 0.29) is 24.0 Å². The van der Waals surface area contributed by atoms with Crippen LogP contribution in [0.3, 0.4) is 0 Å². The number of nitrogens with zero attached hydrogens (tertiary/aromatic N) is 2. The highest BCUT2D eigenvalue weighted by Crippen LogP contribution is 2.45. The van der Waals surface area contributed by atoms with Crippen LogP contribution in [0.4, 0.5) is 0 Å². The molecule has 0 radical (unpaired) electrons. The second-order valence-corrected chi connectivity index (χ2v) is 8.02. The molecule has 28 heavy (non-hydrogen) atoms. The zero-order valence-corrected chi connectivity index (χ0v) is 17.1. The Bertz CT molecular complexity index is 750. The number of azo groups is 1. The zero-order chi connectivity index (χ0) is 20.1. The molecule has 1 unspecified atom stereocenters. The van der Waals surface area contributed by atoms with Gasteiger partial charge in [-0.05, 0) is 58.4 Å². The molecule has 0 saturated carbocycles. The van der Waals surface area contributed by atoms with E-state index in [4.69, 9.17) is 9.47 Å². The Morgan fingerprint density at radius 3 is 2.68 bits per heavy atom.